The molecule has 0 aliphatic carbocycles. The van der Waals surface area contributed by atoms with Crippen LogP contribution in [0.5, 0.6) is 0 Å². The fraction of sp³-hybridized carbons (Fsp3) is 0.185. The van der Waals surface area contributed by atoms with Crippen LogP contribution in [0.15, 0.2) is 76.7 Å². The Hall–Kier alpha value is -4.09. The molecule has 3 aromatic carbocycles. The molecule has 2 amide bonds. The molecule has 8 nitrogen and oxygen atoms in total. The predicted molar refractivity (Wildman–Crippen MR) is 141 cm³/mol. The van der Waals surface area contributed by atoms with E-state index in [0.29, 0.717) is 29.6 Å². The van der Waals surface area contributed by atoms with Crippen molar-refractivity contribution in [3.8, 4) is 0 Å². The quantitative estimate of drug-likeness (QED) is 0.181. The molecule has 0 saturated heterocycles. The zero-order valence-corrected chi connectivity index (χ0v) is 21.2. The third kappa shape index (κ3) is 6.61. The summed E-state index contributed by atoms with van der Waals surface area (Å²) in [5.74, 6) is -2.46. The van der Waals surface area contributed by atoms with E-state index in [2.05, 4.69) is 15.6 Å². The lowest BCUT2D eigenvalue weighted by Crippen LogP contribution is -2.27. The van der Waals surface area contributed by atoms with Gasteiger partial charge in [-0.25, -0.2) is 13.8 Å². The zero-order chi connectivity index (χ0) is 27.1. The largest absolute Gasteiger partial charge is 0.383 e. The molecule has 1 aromatic heterocycles. The lowest BCUT2D eigenvalue weighted by Gasteiger charge is -2.14. The first-order chi connectivity index (χ1) is 18.4. The van der Waals surface area contributed by atoms with Crippen LogP contribution in [0.2, 0.25) is 0 Å². The molecule has 2 N–H and O–H groups in total. The normalized spacial score (nSPS) is 10.9. The zero-order valence-electron chi connectivity index (χ0n) is 20.4. The molecule has 0 spiro atoms. The van der Waals surface area contributed by atoms with Crippen LogP contribution in [0.3, 0.4) is 0 Å². The highest BCUT2D eigenvalue weighted by Crippen LogP contribution is 2.21. The monoisotopic (exact) mass is 538 g/mol. The standard InChI is InChI=1S/C27H24F2N4O4S/c1-37-13-12-30-25(35)18-8-6-17(7-9-18)15-33-26(36)20-4-2-3-5-22(20)32-27(33)38-16-24(34)31-23-14-19(28)10-11-21(23)29/h2-11,14H,12-13,15-16H2,1H3,(H,30,35)(H,31,34). The molecule has 1 heterocycles. The number of fused-ring (bicyclic) bond motifs is 1. The molecule has 0 bridgehead atoms. The number of para-hydroxylation sites is 1. The van der Waals surface area contributed by atoms with Gasteiger partial charge in [-0.15, -0.1) is 0 Å². The van der Waals surface area contributed by atoms with Crippen molar-refractivity contribution in [3.63, 3.8) is 0 Å². The molecular weight excluding hydrogens is 514 g/mol. The van der Waals surface area contributed by atoms with Crippen molar-refractivity contribution >= 4 is 40.2 Å². The Balaban J connectivity index is 1.55. The summed E-state index contributed by atoms with van der Waals surface area (Å²) in [6, 6.07) is 16.4. The van der Waals surface area contributed by atoms with Crippen LogP contribution >= 0.6 is 11.8 Å². The minimum absolute atomic E-state index is 0.144. The number of ether oxygens (including phenoxy) is 1. The van der Waals surface area contributed by atoms with Crippen LogP contribution in [0.25, 0.3) is 10.9 Å². The summed E-state index contributed by atoms with van der Waals surface area (Å²) >= 11 is 1.000. The van der Waals surface area contributed by atoms with E-state index in [4.69, 9.17) is 4.74 Å². The number of nitrogens with zero attached hydrogens (tertiary/aromatic N) is 2. The van der Waals surface area contributed by atoms with Gasteiger partial charge in [-0.3, -0.25) is 19.0 Å². The van der Waals surface area contributed by atoms with Gasteiger partial charge in [0.25, 0.3) is 11.5 Å². The summed E-state index contributed by atoms with van der Waals surface area (Å²) in [5, 5.41) is 5.78. The maximum atomic E-state index is 13.9. The number of hydrogen-bond donors (Lipinski definition) is 2. The third-order valence-corrected chi connectivity index (χ3v) is 6.49. The number of nitrogens with one attached hydrogen (secondary N) is 2. The first-order valence-electron chi connectivity index (χ1n) is 11.6. The predicted octanol–water partition coefficient (Wildman–Crippen LogP) is 3.83. The number of thioether (sulfide) groups is 1. The first-order valence-corrected chi connectivity index (χ1v) is 12.6. The molecule has 0 atom stereocenters. The summed E-state index contributed by atoms with van der Waals surface area (Å²) in [5.41, 5.74) is 1.10. The van der Waals surface area contributed by atoms with Crippen molar-refractivity contribution in [1.29, 1.82) is 0 Å². The van der Waals surface area contributed by atoms with E-state index in [0.717, 1.165) is 35.5 Å². The average molecular weight is 539 g/mol. The highest BCUT2D eigenvalue weighted by molar-refractivity contribution is 7.99. The molecule has 0 saturated carbocycles. The second-order valence-corrected chi connectivity index (χ2v) is 9.15. The number of halogens is 2. The molecule has 0 aliphatic rings. The maximum absolute atomic E-state index is 13.9. The second kappa shape index (κ2) is 12.4. The van der Waals surface area contributed by atoms with E-state index >= 15 is 0 Å². The molecule has 0 unspecified atom stereocenters. The molecule has 0 radical (unpaired) electrons. The maximum Gasteiger partial charge on any atom is 0.262 e. The van der Waals surface area contributed by atoms with Gasteiger partial charge in [0.1, 0.15) is 11.6 Å². The molecule has 11 heteroatoms. The minimum Gasteiger partial charge on any atom is -0.383 e. The van der Waals surface area contributed by atoms with Crippen LogP contribution in [-0.4, -0.2) is 47.4 Å². The molecule has 4 rings (SSSR count). The van der Waals surface area contributed by atoms with Crippen LogP contribution < -0.4 is 16.2 Å². The van der Waals surface area contributed by atoms with E-state index in [9.17, 15) is 23.2 Å². The van der Waals surface area contributed by atoms with E-state index in [1.807, 2.05) is 0 Å². The Bertz CT molecular complexity index is 1530. The van der Waals surface area contributed by atoms with Gasteiger partial charge in [-0.1, -0.05) is 36.0 Å². The van der Waals surface area contributed by atoms with Crippen molar-refractivity contribution in [3.05, 3.63) is 99.8 Å². The van der Waals surface area contributed by atoms with Gasteiger partial charge in [0.05, 0.1) is 35.5 Å². The number of anilines is 1. The summed E-state index contributed by atoms with van der Waals surface area (Å²) in [6.45, 7) is 0.928. The average Bonchev–Trinajstić information content (AvgIpc) is 2.92. The summed E-state index contributed by atoms with van der Waals surface area (Å²) in [4.78, 5) is 42.6. The summed E-state index contributed by atoms with van der Waals surface area (Å²) in [6.07, 6.45) is 0. The van der Waals surface area contributed by atoms with Gasteiger partial charge in [0.15, 0.2) is 5.16 Å². The number of carbonyl (C=O) groups is 2. The topological polar surface area (TPSA) is 102 Å². The molecule has 38 heavy (non-hydrogen) atoms. The molecular formula is C27H24F2N4O4S. The second-order valence-electron chi connectivity index (χ2n) is 8.21. The number of carbonyl (C=O) groups excluding carboxylic acids is 2. The van der Waals surface area contributed by atoms with Crippen molar-refractivity contribution in [1.82, 2.24) is 14.9 Å². The number of hydrogen-bond acceptors (Lipinski definition) is 6. The third-order valence-electron chi connectivity index (χ3n) is 5.51. The number of amides is 2. The molecule has 4 aromatic rings. The Kier molecular flexibility index (Phi) is 8.82. The van der Waals surface area contributed by atoms with Gasteiger partial charge >= 0.3 is 0 Å². The Morgan fingerprint density at radius 1 is 1.05 bits per heavy atom. The van der Waals surface area contributed by atoms with Gasteiger partial charge in [-0.05, 0) is 42.0 Å². The summed E-state index contributed by atoms with van der Waals surface area (Å²) < 4.78 is 33.7. The summed E-state index contributed by atoms with van der Waals surface area (Å²) in [7, 11) is 1.55. The molecule has 196 valence electrons. The van der Waals surface area contributed by atoms with E-state index in [-0.39, 0.29) is 34.6 Å². The van der Waals surface area contributed by atoms with Crippen LogP contribution in [-0.2, 0) is 16.1 Å². The highest BCUT2D eigenvalue weighted by Gasteiger charge is 2.15. The van der Waals surface area contributed by atoms with Crippen molar-refractivity contribution in [2.75, 3.05) is 31.3 Å². The van der Waals surface area contributed by atoms with Gasteiger partial charge in [-0.2, -0.15) is 0 Å². The Morgan fingerprint density at radius 3 is 2.58 bits per heavy atom. The van der Waals surface area contributed by atoms with Crippen molar-refractivity contribution < 1.29 is 23.1 Å². The fourth-order valence-electron chi connectivity index (χ4n) is 3.62. The van der Waals surface area contributed by atoms with E-state index in [1.165, 1.54) is 4.57 Å². The van der Waals surface area contributed by atoms with Crippen molar-refractivity contribution in [2.24, 2.45) is 0 Å². The first kappa shape index (κ1) is 27.0. The SMILES string of the molecule is COCCNC(=O)c1ccc(Cn2c(SCC(=O)Nc3cc(F)ccc3F)nc3ccccc3c2=O)cc1. The van der Waals surface area contributed by atoms with Crippen LogP contribution in [0.4, 0.5) is 14.5 Å². The number of benzene rings is 3. The van der Waals surface area contributed by atoms with E-state index < -0.39 is 17.5 Å². The number of methoxy groups -OCH3 is 1. The minimum atomic E-state index is -0.763. The van der Waals surface area contributed by atoms with Crippen LogP contribution in [0, 0.1) is 11.6 Å². The lowest BCUT2D eigenvalue weighted by molar-refractivity contribution is -0.113. The van der Waals surface area contributed by atoms with Gasteiger partial charge in [0, 0.05) is 25.3 Å². The molecule has 0 fully saturated rings. The fourth-order valence-corrected chi connectivity index (χ4v) is 4.42. The van der Waals surface area contributed by atoms with Crippen LogP contribution in [0.1, 0.15) is 15.9 Å². The van der Waals surface area contributed by atoms with Gasteiger partial charge < -0.3 is 15.4 Å². The van der Waals surface area contributed by atoms with Crippen molar-refractivity contribution in [2.45, 2.75) is 11.7 Å². The van der Waals surface area contributed by atoms with E-state index in [1.54, 1.807) is 55.6 Å². The Morgan fingerprint density at radius 2 is 1.82 bits per heavy atom. The number of rotatable bonds is 10. The lowest BCUT2D eigenvalue weighted by atomic mass is 10.1. The molecule has 0 aliphatic heterocycles. The smallest absolute Gasteiger partial charge is 0.262 e. The Labute approximate surface area is 221 Å². The highest BCUT2D eigenvalue weighted by atomic mass is 32.2. The van der Waals surface area contributed by atoms with Gasteiger partial charge in [0.2, 0.25) is 5.91 Å². The number of aromatic nitrogens is 2.